The first kappa shape index (κ1) is 16.7. The summed E-state index contributed by atoms with van der Waals surface area (Å²) in [7, 11) is 0. The third-order valence-corrected chi connectivity index (χ3v) is 4.16. The molecule has 0 saturated heterocycles. The van der Waals surface area contributed by atoms with Crippen molar-refractivity contribution >= 4 is 0 Å². The predicted octanol–water partition coefficient (Wildman–Crippen LogP) is 4.80. The fourth-order valence-electron chi connectivity index (χ4n) is 2.75. The second-order valence-corrected chi connectivity index (χ2v) is 6.04. The number of aliphatic hydroxyl groups is 1. The van der Waals surface area contributed by atoms with Crippen molar-refractivity contribution in [1.29, 1.82) is 0 Å². The van der Waals surface area contributed by atoms with Gasteiger partial charge in [0.15, 0.2) is 0 Å². The second-order valence-electron chi connectivity index (χ2n) is 6.04. The summed E-state index contributed by atoms with van der Waals surface area (Å²) in [5.74, 6) is 1.49. The first-order valence-corrected chi connectivity index (χ1v) is 7.22. The highest BCUT2D eigenvalue weighted by molar-refractivity contribution is 4.86. The van der Waals surface area contributed by atoms with Gasteiger partial charge in [0.05, 0.1) is 0 Å². The Hall–Kier alpha value is -0.300. The molecule has 0 radical (unpaired) electrons. The molecule has 17 heavy (non-hydrogen) atoms. The molecular formula is C16H32O. The molecule has 0 spiro atoms. The average molecular weight is 240 g/mol. The molecule has 2 atom stereocenters. The van der Waals surface area contributed by atoms with Gasteiger partial charge in [-0.15, -0.1) is 6.58 Å². The zero-order valence-corrected chi connectivity index (χ0v) is 12.3. The van der Waals surface area contributed by atoms with Gasteiger partial charge < -0.3 is 5.11 Å². The quantitative estimate of drug-likeness (QED) is 0.429. The van der Waals surface area contributed by atoms with Gasteiger partial charge in [-0.05, 0) is 42.9 Å². The fraction of sp³-hybridized carbons (Fsp3) is 0.875. The van der Waals surface area contributed by atoms with Crippen LogP contribution in [0.15, 0.2) is 12.7 Å². The Morgan fingerprint density at radius 1 is 1.29 bits per heavy atom. The second kappa shape index (κ2) is 8.74. The van der Waals surface area contributed by atoms with Crippen LogP contribution < -0.4 is 0 Å². The van der Waals surface area contributed by atoms with E-state index in [2.05, 4.69) is 40.3 Å². The molecule has 0 aromatic rings. The Morgan fingerprint density at radius 2 is 1.94 bits per heavy atom. The van der Waals surface area contributed by atoms with E-state index in [1.54, 1.807) is 0 Å². The first-order valence-electron chi connectivity index (χ1n) is 7.22. The summed E-state index contributed by atoms with van der Waals surface area (Å²) in [6, 6.07) is 0. The largest absolute Gasteiger partial charge is 0.396 e. The van der Waals surface area contributed by atoms with Gasteiger partial charge in [-0.3, -0.25) is 0 Å². The van der Waals surface area contributed by atoms with Gasteiger partial charge in [-0.2, -0.15) is 0 Å². The van der Waals surface area contributed by atoms with Crippen LogP contribution >= 0.6 is 0 Å². The minimum atomic E-state index is 0.329. The number of hydrogen-bond acceptors (Lipinski definition) is 1. The molecule has 0 amide bonds. The molecule has 0 saturated carbocycles. The molecule has 0 aromatic carbocycles. The molecule has 0 bridgehead atoms. The zero-order valence-electron chi connectivity index (χ0n) is 12.3. The lowest BCUT2D eigenvalue weighted by Gasteiger charge is -2.38. The van der Waals surface area contributed by atoms with Gasteiger partial charge in [0, 0.05) is 6.61 Å². The minimum Gasteiger partial charge on any atom is -0.396 e. The molecule has 0 aliphatic heterocycles. The van der Waals surface area contributed by atoms with Crippen LogP contribution in [0.1, 0.15) is 66.2 Å². The van der Waals surface area contributed by atoms with Crippen LogP contribution in [0.2, 0.25) is 0 Å². The molecule has 102 valence electrons. The smallest absolute Gasteiger partial charge is 0.0431 e. The van der Waals surface area contributed by atoms with Crippen molar-refractivity contribution < 1.29 is 5.11 Å². The number of hydrogen-bond donors (Lipinski definition) is 1. The molecule has 0 heterocycles. The van der Waals surface area contributed by atoms with Crippen LogP contribution in [0, 0.1) is 17.3 Å². The van der Waals surface area contributed by atoms with Crippen LogP contribution in [0.3, 0.4) is 0 Å². The lowest BCUT2D eigenvalue weighted by Crippen LogP contribution is -2.28. The minimum absolute atomic E-state index is 0.329. The first-order chi connectivity index (χ1) is 8.00. The van der Waals surface area contributed by atoms with E-state index in [1.807, 2.05) is 0 Å². The van der Waals surface area contributed by atoms with Crippen LogP contribution in [0.4, 0.5) is 0 Å². The van der Waals surface area contributed by atoms with Crippen molar-refractivity contribution in [2.24, 2.45) is 17.3 Å². The highest BCUT2D eigenvalue weighted by Gasteiger charge is 2.31. The highest BCUT2D eigenvalue weighted by Crippen LogP contribution is 2.41. The summed E-state index contributed by atoms with van der Waals surface area (Å²) >= 11 is 0. The Bertz CT molecular complexity index is 198. The van der Waals surface area contributed by atoms with Crippen molar-refractivity contribution in [3.63, 3.8) is 0 Å². The van der Waals surface area contributed by atoms with Crippen molar-refractivity contribution in [3.8, 4) is 0 Å². The molecule has 0 rings (SSSR count). The molecule has 0 fully saturated rings. The highest BCUT2D eigenvalue weighted by atomic mass is 16.2. The van der Waals surface area contributed by atoms with Gasteiger partial charge in [0.2, 0.25) is 0 Å². The van der Waals surface area contributed by atoms with E-state index < -0.39 is 0 Å². The van der Waals surface area contributed by atoms with Gasteiger partial charge in [0.1, 0.15) is 0 Å². The summed E-state index contributed by atoms with van der Waals surface area (Å²) < 4.78 is 0. The zero-order chi connectivity index (χ0) is 13.3. The van der Waals surface area contributed by atoms with E-state index in [4.69, 9.17) is 5.11 Å². The third kappa shape index (κ3) is 6.26. The van der Waals surface area contributed by atoms with Crippen LogP contribution in [0.5, 0.6) is 0 Å². The van der Waals surface area contributed by atoms with Gasteiger partial charge in [-0.1, -0.05) is 46.6 Å². The normalized spacial score (nSPS) is 16.8. The summed E-state index contributed by atoms with van der Waals surface area (Å²) in [6.07, 6.45) is 9.04. The lowest BCUT2D eigenvalue weighted by atomic mass is 9.67. The Labute approximate surface area is 108 Å². The van der Waals surface area contributed by atoms with E-state index in [1.165, 1.54) is 19.3 Å². The monoisotopic (exact) mass is 240 g/mol. The summed E-state index contributed by atoms with van der Waals surface area (Å²) in [5, 5.41) is 8.91. The van der Waals surface area contributed by atoms with E-state index in [0.29, 0.717) is 12.0 Å². The molecule has 0 aromatic heterocycles. The van der Waals surface area contributed by atoms with Crippen molar-refractivity contribution in [1.82, 2.24) is 0 Å². The van der Waals surface area contributed by atoms with Gasteiger partial charge in [-0.25, -0.2) is 0 Å². The number of aliphatic hydroxyl groups excluding tert-OH is 1. The molecule has 1 heteroatoms. The Kier molecular flexibility index (Phi) is 8.59. The van der Waals surface area contributed by atoms with Crippen LogP contribution in [0.25, 0.3) is 0 Å². The van der Waals surface area contributed by atoms with Gasteiger partial charge in [0.25, 0.3) is 0 Å². The topological polar surface area (TPSA) is 20.2 Å². The summed E-state index contributed by atoms with van der Waals surface area (Å²) in [5.41, 5.74) is 0.410. The number of unbranched alkanes of at least 4 members (excludes halogenated alkanes) is 1. The van der Waals surface area contributed by atoms with E-state index >= 15 is 0 Å². The maximum atomic E-state index is 8.91. The lowest BCUT2D eigenvalue weighted by molar-refractivity contribution is 0.130. The van der Waals surface area contributed by atoms with Crippen molar-refractivity contribution in [3.05, 3.63) is 12.7 Å². The predicted molar refractivity (Wildman–Crippen MR) is 77.1 cm³/mol. The number of allylic oxidation sites excluding steroid dienone is 1. The molecule has 1 N–H and O–H groups in total. The average Bonchev–Trinajstić information content (AvgIpc) is 2.28. The van der Waals surface area contributed by atoms with Crippen molar-refractivity contribution in [2.45, 2.75) is 66.2 Å². The standard InChI is InChI=1S/C16H32O/c1-6-10-15(13-14(3)4)16(5,7-2)11-8-9-12-17/h6,14-15,17H,1,7-13H2,2-5H3. The Morgan fingerprint density at radius 3 is 2.35 bits per heavy atom. The van der Waals surface area contributed by atoms with E-state index in [0.717, 1.165) is 31.1 Å². The Balaban J connectivity index is 4.53. The summed E-state index contributed by atoms with van der Waals surface area (Å²) in [6.45, 7) is 13.6. The van der Waals surface area contributed by atoms with Gasteiger partial charge >= 0.3 is 0 Å². The van der Waals surface area contributed by atoms with E-state index in [9.17, 15) is 0 Å². The SMILES string of the molecule is C=CCC(CC(C)C)C(C)(CC)CCCCO. The van der Waals surface area contributed by atoms with Crippen LogP contribution in [-0.2, 0) is 0 Å². The summed E-state index contributed by atoms with van der Waals surface area (Å²) in [4.78, 5) is 0. The molecule has 0 aliphatic rings. The molecule has 0 aliphatic carbocycles. The molecule has 1 nitrogen and oxygen atoms in total. The fourth-order valence-corrected chi connectivity index (χ4v) is 2.75. The third-order valence-electron chi connectivity index (χ3n) is 4.16. The van der Waals surface area contributed by atoms with Crippen LogP contribution in [-0.4, -0.2) is 11.7 Å². The van der Waals surface area contributed by atoms with E-state index in [-0.39, 0.29) is 0 Å². The molecule has 2 unspecified atom stereocenters. The number of rotatable bonds is 10. The maximum Gasteiger partial charge on any atom is 0.0431 e. The molecular weight excluding hydrogens is 208 g/mol. The maximum absolute atomic E-state index is 8.91. The van der Waals surface area contributed by atoms with Crippen molar-refractivity contribution in [2.75, 3.05) is 6.61 Å².